The first-order valence-corrected chi connectivity index (χ1v) is 11.8. The maximum atomic E-state index is 12.4. The Morgan fingerprint density at radius 2 is 2.10 bits per heavy atom. The number of amides is 2. The summed E-state index contributed by atoms with van der Waals surface area (Å²) in [6.45, 7) is 1.73. The molecular formula is C21H22N4O4S2. The molecule has 0 unspecified atom stereocenters. The highest BCUT2D eigenvalue weighted by atomic mass is 32.2. The SMILES string of the molecule is Cc1cccc(OCC(=O)NNC(=O)CSCc2nc3sc4c(c3c(=O)[nH]2)CCC4)c1. The summed E-state index contributed by atoms with van der Waals surface area (Å²) in [4.78, 5) is 45.6. The van der Waals surface area contributed by atoms with E-state index in [1.54, 1.807) is 17.4 Å². The quantitative estimate of drug-likeness (QED) is 0.468. The predicted octanol–water partition coefficient (Wildman–Crippen LogP) is 2.24. The molecule has 0 bridgehead atoms. The fraction of sp³-hybridized carbons (Fsp3) is 0.333. The number of aryl methyl sites for hydroxylation is 3. The minimum atomic E-state index is -0.456. The molecule has 31 heavy (non-hydrogen) atoms. The zero-order chi connectivity index (χ0) is 21.8. The lowest BCUT2D eigenvalue weighted by Crippen LogP contribution is -2.44. The largest absolute Gasteiger partial charge is 0.484 e. The Labute approximate surface area is 186 Å². The lowest BCUT2D eigenvalue weighted by Gasteiger charge is -2.09. The van der Waals surface area contributed by atoms with Crippen LogP contribution < -0.4 is 21.1 Å². The van der Waals surface area contributed by atoms with Gasteiger partial charge in [0.1, 0.15) is 16.4 Å². The van der Waals surface area contributed by atoms with Gasteiger partial charge in [-0.3, -0.25) is 25.2 Å². The number of rotatable bonds is 7. The second-order valence-corrected chi connectivity index (χ2v) is 9.31. The molecule has 0 fully saturated rings. The monoisotopic (exact) mass is 458 g/mol. The van der Waals surface area contributed by atoms with Gasteiger partial charge in [-0.1, -0.05) is 12.1 Å². The number of fused-ring (bicyclic) bond motifs is 3. The summed E-state index contributed by atoms with van der Waals surface area (Å²) in [6.07, 6.45) is 3.05. The highest BCUT2D eigenvalue weighted by molar-refractivity contribution is 7.99. The first-order valence-electron chi connectivity index (χ1n) is 9.88. The highest BCUT2D eigenvalue weighted by Crippen LogP contribution is 2.34. The lowest BCUT2D eigenvalue weighted by molar-refractivity contribution is -0.128. The van der Waals surface area contributed by atoms with E-state index in [0.29, 0.717) is 17.3 Å². The Balaban J connectivity index is 1.20. The number of hydrogen-bond acceptors (Lipinski definition) is 7. The molecule has 2 aromatic heterocycles. The number of benzene rings is 1. The van der Waals surface area contributed by atoms with Crippen molar-refractivity contribution >= 4 is 45.1 Å². The third-order valence-electron chi connectivity index (χ3n) is 4.80. The molecule has 0 atom stereocenters. The predicted molar refractivity (Wildman–Crippen MR) is 121 cm³/mol. The smallest absolute Gasteiger partial charge is 0.276 e. The highest BCUT2D eigenvalue weighted by Gasteiger charge is 2.21. The molecule has 1 aromatic carbocycles. The number of thioether (sulfide) groups is 1. The normalized spacial score (nSPS) is 12.5. The van der Waals surface area contributed by atoms with Crippen molar-refractivity contribution in [2.45, 2.75) is 31.9 Å². The van der Waals surface area contributed by atoms with Crippen molar-refractivity contribution in [3.63, 3.8) is 0 Å². The van der Waals surface area contributed by atoms with Crippen LogP contribution >= 0.6 is 23.1 Å². The fourth-order valence-electron chi connectivity index (χ4n) is 3.42. The van der Waals surface area contributed by atoms with Crippen LogP contribution in [0.15, 0.2) is 29.1 Å². The van der Waals surface area contributed by atoms with Crippen molar-refractivity contribution in [2.24, 2.45) is 0 Å². The number of aromatic nitrogens is 2. The minimum Gasteiger partial charge on any atom is -0.484 e. The van der Waals surface area contributed by atoms with Crippen LogP contribution in [0.3, 0.4) is 0 Å². The van der Waals surface area contributed by atoms with Crippen LogP contribution in [-0.2, 0) is 28.2 Å². The van der Waals surface area contributed by atoms with E-state index in [2.05, 4.69) is 20.8 Å². The molecule has 0 saturated heterocycles. The van der Waals surface area contributed by atoms with Gasteiger partial charge in [-0.2, -0.15) is 0 Å². The molecule has 2 amide bonds. The van der Waals surface area contributed by atoms with Crippen LogP contribution in [0.25, 0.3) is 10.2 Å². The zero-order valence-corrected chi connectivity index (χ0v) is 18.6. The van der Waals surface area contributed by atoms with Crippen LogP contribution in [0.2, 0.25) is 0 Å². The molecular weight excluding hydrogens is 436 g/mol. The number of nitrogens with one attached hydrogen (secondary N) is 3. The van der Waals surface area contributed by atoms with Crippen molar-refractivity contribution in [3.05, 3.63) is 56.4 Å². The number of carbonyl (C=O) groups is 2. The van der Waals surface area contributed by atoms with Gasteiger partial charge in [0, 0.05) is 4.88 Å². The van der Waals surface area contributed by atoms with Gasteiger partial charge < -0.3 is 9.72 Å². The molecule has 0 aliphatic heterocycles. The first kappa shape index (κ1) is 21.4. The van der Waals surface area contributed by atoms with Gasteiger partial charge in [0.2, 0.25) is 5.91 Å². The van der Waals surface area contributed by atoms with E-state index >= 15 is 0 Å². The van der Waals surface area contributed by atoms with Crippen LogP contribution in [-0.4, -0.2) is 34.1 Å². The summed E-state index contributed by atoms with van der Waals surface area (Å²) in [6, 6.07) is 7.35. The fourth-order valence-corrected chi connectivity index (χ4v) is 5.39. The second-order valence-electron chi connectivity index (χ2n) is 7.24. The molecule has 4 rings (SSSR count). The number of nitrogens with zero attached hydrogens (tertiary/aromatic N) is 1. The summed E-state index contributed by atoms with van der Waals surface area (Å²) in [7, 11) is 0. The Bertz CT molecular complexity index is 1190. The van der Waals surface area contributed by atoms with E-state index < -0.39 is 5.91 Å². The number of aromatic amines is 1. The first-order chi connectivity index (χ1) is 15.0. The minimum absolute atomic E-state index is 0.106. The van der Waals surface area contributed by atoms with Gasteiger partial charge in [0.25, 0.3) is 11.5 Å². The molecule has 3 aromatic rings. The Morgan fingerprint density at radius 1 is 1.26 bits per heavy atom. The van der Waals surface area contributed by atoms with E-state index in [-0.39, 0.29) is 23.8 Å². The van der Waals surface area contributed by atoms with Crippen molar-refractivity contribution in [1.82, 2.24) is 20.8 Å². The maximum absolute atomic E-state index is 12.4. The van der Waals surface area contributed by atoms with Gasteiger partial charge in [-0.25, -0.2) is 4.98 Å². The third-order valence-corrected chi connectivity index (χ3v) is 6.93. The lowest BCUT2D eigenvalue weighted by atomic mass is 10.2. The molecule has 3 N–H and O–H groups in total. The van der Waals surface area contributed by atoms with E-state index in [0.717, 1.165) is 40.6 Å². The molecule has 162 valence electrons. The number of hydrazine groups is 1. The number of carbonyl (C=O) groups excluding carboxylic acids is 2. The molecule has 0 saturated carbocycles. The number of thiophene rings is 1. The van der Waals surface area contributed by atoms with Crippen LogP contribution in [0.5, 0.6) is 5.75 Å². The average molecular weight is 459 g/mol. The summed E-state index contributed by atoms with van der Waals surface area (Å²) in [5.74, 6) is 0.833. The van der Waals surface area contributed by atoms with Gasteiger partial charge in [-0.05, 0) is 49.4 Å². The Morgan fingerprint density at radius 3 is 2.94 bits per heavy atom. The number of ether oxygens (including phenoxy) is 1. The van der Waals surface area contributed by atoms with Crippen LogP contribution in [0.4, 0.5) is 0 Å². The molecule has 0 spiro atoms. The summed E-state index contributed by atoms with van der Waals surface area (Å²) in [5, 5.41) is 0.722. The zero-order valence-electron chi connectivity index (χ0n) is 16.9. The summed E-state index contributed by atoms with van der Waals surface area (Å²) < 4.78 is 5.38. The Hall–Kier alpha value is -2.85. The molecule has 1 aliphatic carbocycles. The second kappa shape index (κ2) is 9.52. The summed E-state index contributed by atoms with van der Waals surface area (Å²) in [5.41, 5.74) is 6.75. The molecule has 8 nitrogen and oxygen atoms in total. The standard InChI is InChI=1S/C21H22N4O4S2/c1-12-4-2-5-13(8-12)29-9-17(26)24-25-18(27)11-30-10-16-22-20(28)19-14-6-3-7-15(14)31-21(19)23-16/h2,4-5,8H,3,6-7,9-11H2,1H3,(H,24,26)(H,25,27)(H,22,23,28). The van der Waals surface area contributed by atoms with Crippen LogP contribution in [0, 0.1) is 6.92 Å². The van der Waals surface area contributed by atoms with Crippen molar-refractivity contribution in [2.75, 3.05) is 12.4 Å². The van der Waals surface area contributed by atoms with Crippen molar-refractivity contribution in [1.29, 1.82) is 0 Å². The van der Waals surface area contributed by atoms with Gasteiger partial charge in [0.15, 0.2) is 6.61 Å². The number of hydrogen-bond donors (Lipinski definition) is 3. The summed E-state index contributed by atoms with van der Waals surface area (Å²) >= 11 is 2.89. The average Bonchev–Trinajstić information content (AvgIpc) is 3.31. The van der Waals surface area contributed by atoms with E-state index in [1.165, 1.54) is 16.6 Å². The van der Waals surface area contributed by atoms with Crippen molar-refractivity contribution < 1.29 is 14.3 Å². The molecule has 2 heterocycles. The number of H-pyrrole nitrogens is 1. The van der Waals surface area contributed by atoms with Crippen molar-refractivity contribution in [3.8, 4) is 5.75 Å². The topological polar surface area (TPSA) is 113 Å². The van der Waals surface area contributed by atoms with Gasteiger partial charge >= 0.3 is 0 Å². The molecule has 0 radical (unpaired) electrons. The molecule has 10 heteroatoms. The Kier molecular flexibility index (Phi) is 6.57. The third kappa shape index (κ3) is 5.26. The van der Waals surface area contributed by atoms with Crippen LogP contribution in [0.1, 0.15) is 28.2 Å². The van der Waals surface area contributed by atoms with E-state index in [4.69, 9.17) is 4.74 Å². The maximum Gasteiger partial charge on any atom is 0.276 e. The van der Waals surface area contributed by atoms with E-state index in [1.807, 2.05) is 25.1 Å². The molecule has 1 aliphatic rings. The van der Waals surface area contributed by atoms with Gasteiger partial charge in [0.05, 0.1) is 16.9 Å². The van der Waals surface area contributed by atoms with Gasteiger partial charge in [-0.15, -0.1) is 23.1 Å². The van der Waals surface area contributed by atoms with E-state index in [9.17, 15) is 14.4 Å².